The molecule has 0 radical (unpaired) electrons. The van der Waals surface area contributed by atoms with Crippen LogP contribution in [0.3, 0.4) is 0 Å². The lowest BCUT2D eigenvalue weighted by atomic mass is 10.0. The highest BCUT2D eigenvalue weighted by Crippen LogP contribution is 2.22. The van der Waals surface area contributed by atoms with Gasteiger partial charge in [-0.3, -0.25) is 0 Å². The lowest BCUT2D eigenvalue weighted by Gasteiger charge is -2.29. The summed E-state index contributed by atoms with van der Waals surface area (Å²) in [5, 5.41) is 3.00. The summed E-state index contributed by atoms with van der Waals surface area (Å²) in [5.74, 6) is -1.03. The average Bonchev–Trinajstić information content (AvgIpc) is 2.16. The minimum Gasteiger partial charge on any atom is -0.486 e. The van der Waals surface area contributed by atoms with Crippen LogP contribution in [0.2, 0.25) is 0 Å². The molecule has 0 aliphatic rings. The van der Waals surface area contributed by atoms with Crippen molar-refractivity contribution >= 4 is 0 Å². The van der Waals surface area contributed by atoms with E-state index in [1.807, 2.05) is 20.9 Å². The van der Waals surface area contributed by atoms with Crippen molar-refractivity contribution in [1.29, 1.82) is 0 Å². The van der Waals surface area contributed by atoms with Crippen molar-refractivity contribution in [2.75, 3.05) is 13.6 Å². The second-order valence-corrected chi connectivity index (χ2v) is 4.04. The number of nitrogens with one attached hydrogen (secondary N) is 1. The second kappa shape index (κ2) is 5.25. The van der Waals surface area contributed by atoms with Crippen LogP contribution in [0.4, 0.5) is 8.78 Å². The fourth-order valence-electron chi connectivity index (χ4n) is 1.48. The Morgan fingerprint density at radius 2 is 1.81 bits per heavy atom. The van der Waals surface area contributed by atoms with Crippen LogP contribution in [0.15, 0.2) is 18.2 Å². The van der Waals surface area contributed by atoms with E-state index >= 15 is 0 Å². The Kier molecular flexibility index (Phi) is 4.24. The Hall–Kier alpha value is -1.16. The van der Waals surface area contributed by atoms with Gasteiger partial charge in [0.1, 0.15) is 23.0 Å². The van der Waals surface area contributed by atoms with Crippen LogP contribution in [-0.2, 0) is 0 Å². The summed E-state index contributed by atoms with van der Waals surface area (Å²) < 4.78 is 31.5. The van der Waals surface area contributed by atoms with Crippen molar-refractivity contribution in [3.63, 3.8) is 0 Å². The van der Waals surface area contributed by atoms with Crippen LogP contribution in [0.5, 0.6) is 5.75 Å². The van der Waals surface area contributed by atoms with Crippen molar-refractivity contribution < 1.29 is 13.5 Å². The lowest BCUT2D eigenvalue weighted by molar-refractivity contribution is 0.0850. The highest BCUT2D eigenvalue weighted by Gasteiger charge is 2.23. The fourth-order valence-corrected chi connectivity index (χ4v) is 1.48. The number of hydrogen-bond donors (Lipinski definition) is 1. The van der Waals surface area contributed by atoms with E-state index in [1.165, 1.54) is 12.1 Å². The molecule has 0 fully saturated rings. The molecule has 0 saturated heterocycles. The number of hydrogen-bond acceptors (Lipinski definition) is 2. The molecule has 0 aliphatic heterocycles. The highest BCUT2D eigenvalue weighted by molar-refractivity contribution is 5.24. The van der Waals surface area contributed by atoms with Crippen LogP contribution >= 0.6 is 0 Å². The van der Waals surface area contributed by atoms with Gasteiger partial charge in [-0.1, -0.05) is 6.92 Å². The summed E-state index contributed by atoms with van der Waals surface area (Å²) in [4.78, 5) is 0. The molecule has 1 N–H and O–H groups in total. The Morgan fingerprint density at radius 3 is 2.25 bits per heavy atom. The first kappa shape index (κ1) is 12.9. The zero-order chi connectivity index (χ0) is 12.2. The van der Waals surface area contributed by atoms with Gasteiger partial charge in [0.05, 0.1) is 0 Å². The van der Waals surface area contributed by atoms with Crippen molar-refractivity contribution in [1.82, 2.24) is 5.32 Å². The third-order valence-electron chi connectivity index (χ3n) is 2.50. The molecule has 0 heterocycles. The van der Waals surface area contributed by atoms with E-state index in [4.69, 9.17) is 4.74 Å². The zero-order valence-corrected chi connectivity index (χ0v) is 9.81. The molecular formula is C12H17F2NO. The molecule has 2 nitrogen and oxygen atoms in total. The van der Waals surface area contributed by atoms with Crippen molar-refractivity contribution in [2.24, 2.45) is 0 Å². The van der Waals surface area contributed by atoms with Crippen molar-refractivity contribution in [3.05, 3.63) is 29.8 Å². The van der Waals surface area contributed by atoms with Crippen molar-refractivity contribution in [2.45, 2.75) is 25.9 Å². The Morgan fingerprint density at radius 1 is 1.25 bits per heavy atom. The normalized spacial score (nSPS) is 14.6. The molecule has 1 aromatic carbocycles. The summed E-state index contributed by atoms with van der Waals surface area (Å²) in [6.45, 7) is 4.47. The van der Waals surface area contributed by atoms with E-state index in [2.05, 4.69) is 5.32 Å². The van der Waals surface area contributed by atoms with Gasteiger partial charge in [-0.25, -0.2) is 8.78 Å². The third kappa shape index (κ3) is 3.45. The SMILES string of the molecule is CCC(C)(CNC)Oc1cc(F)cc(F)c1. The largest absolute Gasteiger partial charge is 0.486 e. The van der Waals surface area contributed by atoms with Crippen LogP contribution < -0.4 is 10.1 Å². The van der Waals surface area contributed by atoms with Gasteiger partial charge in [-0.2, -0.15) is 0 Å². The van der Waals surface area contributed by atoms with Crippen molar-refractivity contribution in [3.8, 4) is 5.75 Å². The van der Waals surface area contributed by atoms with Gasteiger partial charge in [-0.05, 0) is 20.4 Å². The zero-order valence-electron chi connectivity index (χ0n) is 9.81. The van der Waals surface area contributed by atoms with E-state index in [0.717, 1.165) is 12.5 Å². The van der Waals surface area contributed by atoms with Gasteiger partial charge in [0.15, 0.2) is 0 Å². The molecule has 0 saturated carbocycles. The van der Waals surface area contributed by atoms with E-state index in [0.29, 0.717) is 6.54 Å². The number of likely N-dealkylation sites (N-methyl/N-ethyl adjacent to an activating group) is 1. The first-order valence-corrected chi connectivity index (χ1v) is 5.29. The van der Waals surface area contributed by atoms with E-state index in [-0.39, 0.29) is 5.75 Å². The van der Waals surface area contributed by atoms with E-state index < -0.39 is 17.2 Å². The van der Waals surface area contributed by atoms with Crippen LogP contribution in [0.1, 0.15) is 20.3 Å². The number of halogens is 2. The predicted molar refractivity (Wildman–Crippen MR) is 59.6 cm³/mol. The molecule has 16 heavy (non-hydrogen) atoms. The van der Waals surface area contributed by atoms with Crippen LogP contribution in [-0.4, -0.2) is 19.2 Å². The Balaban J connectivity index is 2.85. The maximum Gasteiger partial charge on any atom is 0.129 e. The molecule has 0 bridgehead atoms. The number of benzene rings is 1. The first-order chi connectivity index (χ1) is 7.49. The van der Waals surface area contributed by atoms with Gasteiger partial charge in [0.2, 0.25) is 0 Å². The van der Waals surface area contributed by atoms with Crippen LogP contribution in [0.25, 0.3) is 0 Å². The molecule has 4 heteroatoms. The van der Waals surface area contributed by atoms with Gasteiger partial charge in [0, 0.05) is 24.7 Å². The fraction of sp³-hybridized carbons (Fsp3) is 0.500. The van der Waals surface area contributed by atoms with E-state index in [1.54, 1.807) is 0 Å². The smallest absolute Gasteiger partial charge is 0.129 e. The lowest BCUT2D eigenvalue weighted by Crippen LogP contribution is -2.41. The summed E-state index contributed by atoms with van der Waals surface area (Å²) in [7, 11) is 1.81. The van der Waals surface area contributed by atoms with Gasteiger partial charge >= 0.3 is 0 Å². The summed E-state index contributed by atoms with van der Waals surface area (Å²) >= 11 is 0. The second-order valence-electron chi connectivity index (χ2n) is 4.04. The van der Waals surface area contributed by atoms with E-state index in [9.17, 15) is 8.78 Å². The number of rotatable bonds is 5. The third-order valence-corrected chi connectivity index (χ3v) is 2.50. The summed E-state index contributed by atoms with van der Waals surface area (Å²) in [6.07, 6.45) is 0.742. The monoisotopic (exact) mass is 229 g/mol. The average molecular weight is 229 g/mol. The van der Waals surface area contributed by atoms with Gasteiger partial charge in [-0.15, -0.1) is 0 Å². The first-order valence-electron chi connectivity index (χ1n) is 5.29. The Labute approximate surface area is 94.6 Å². The molecule has 90 valence electrons. The van der Waals surface area contributed by atoms with Gasteiger partial charge < -0.3 is 10.1 Å². The molecule has 0 amide bonds. The molecular weight excluding hydrogens is 212 g/mol. The minimum atomic E-state index is -0.627. The highest BCUT2D eigenvalue weighted by atomic mass is 19.1. The molecule has 1 aromatic rings. The standard InChI is InChI=1S/C12H17F2NO/c1-4-12(2,8-15-3)16-11-6-9(13)5-10(14)7-11/h5-7,15H,4,8H2,1-3H3. The number of ether oxygens (including phenoxy) is 1. The molecule has 1 atom stereocenters. The summed E-state index contributed by atoms with van der Waals surface area (Å²) in [5.41, 5.74) is -0.463. The molecule has 1 unspecified atom stereocenters. The maximum absolute atomic E-state index is 13.0. The maximum atomic E-state index is 13.0. The van der Waals surface area contributed by atoms with Gasteiger partial charge in [0.25, 0.3) is 0 Å². The quantitative estimate of drug-likeness (QED) is 0.838. The summed E-state index contributed by atoms with van der Waals surface area (Å²) in [6, 6.07) is 3.20. The molecule has 0 aliphatic carbocycles. The predicted octanol–water partition coefficient (Wildman–Crippen LogP) is 2.73. The molecule has 1 rings (SSSR count). The Bertz CT molecular complexity index is 337. The molecule has 0 spiro atoms. The topological polar surface area (TPSA) is 21.3 Å². The molecule has 0 aromatic heterocycles. The minimum absolute atomic E-state index is 0.220. The van der Waals surface area contributed by atoms with Crippen LogP contribution in [0, 0.1) is 11.6 Å².